The van der Waals surface area contributed by atoms with Crippen molar-refractivity contribution in [3.63, 3.8) is 0 Å². The average molecular weight is 338 g/mol. The number of rotatable bonds is 7. The third kappa shape index (κ3) is 4.75. The normalized spacial score (nSPS) is 10.3. The van der Waals surface area contributed by atoms with Crippen molar-refractivity contribution in [3.05, 3.63) is 34.9 Å². The van der Waals surface area contributed by atoms with E-state index >= 15 is 0 Å². The van der Waals surface area contributed by atoms with Crippen LogP contribution < -0.4 is 10.6 Å². The van der Waals surface area contributed by atoms with Crippen LogP contribution in [0.5, 0.6) is 0 Å². The van der Waals surface area contributed by atoms with Crippen LogP contribution in [0.2, 0.25) is 0 Å². The van der Waals surface area contributed by atoms with E-state index in [4.69, 9.17) is 4.74 Å². The lowest BCUT2D eigenvalue weighted by Crippen LogP contribution is -2.09. The van der Waals surface area contributed by atoms with Gasteiger partial charge in [-0.3, -0.25) is 0 Å². The second-order valence-electron chi connectivity index (χ2n) is 4.07. The van der Waals surface area contributed by atoms with Crippen molar-refractivity contribution in [3.8, 4) is 0 Å². The lowest BCUT2D eigenvalue weighted by molar-refractivity contribution is 0.197. The molecule has 0 aliphatic rings. The predicted octanol–water partition coefficient (Wildman–Crippen LogP) is 2.83. The Bertz CT molecular complexity index is 552. The summed E-state index contributed by atoms with van der Waals surface area (Å²) in [4.78, 5) is 4.34. The molecule has 0 amide bonds. The van der Waals surface area contributed by atoms with Gasteiger partial charge in [0.2, 0.25) is 5.95 Å². The molecule has 0 saturated carbocycles. The van der Waals surface area contributed by atoms with Crippen molar-refractivity contribution in [2.24, 2.45) is 0 Å². The highest BCUT2D eigenvalue weighted by Crippen LogP contribution is 2.19. The molecule has 20 heavy (non-hydrogen) atoms. The molecule has 1 aromatic heterocycles. The number of hydrogen-bond donors (Lipinski definition) is 2. The van der Waals surface area contributed by atoms with Gasteiger partial charge < -0.3 is 15.4 Å². The van der Waals surface area contributed by atoms with Gasteiger partial charge in [-0.25, -0.2) is 0 Å². The Morgan fingerprint density at radius 3 is 3.05 bits per heavy atom. The van der Waals surface area contributed by atoms with Crippen LogP contribution in [-0.4, -0.2) is 35.4 Å². The van der Waals surface area contributed by atoms with Crippen molar-refractivity contribution in [2.45, 2.75) is 6.42 Å². The van der Waals surface area contributed by atoms with Crippen molar-refractivity contribution in [2.75, 3.05) is 30.9 Å². The quantitative estimate of drug-likeness (QED) is 0.757. The fourth-order valence-electron chi connectivity index (χ4n) is 1.57. The van der Waals surface area contributed by atoms with Crippen LogP contribution in [0.25, 0.3) is 0 Å². The van der Waals surface area contributed by atoms with E-state index in [2.05, 4.69) is 41.7 Å². The first-order chi connectivity index (χ1) is 9.78. The van der Waals surface area contributed by atoms with Gasteiger partial charge in [0, 0.05) is 30.4 Å². The molecule has 7 heteroatoms. The van der Waals surface area contributed by atoms with Gasteiger partial charge >= 0.3 is 0 Å². The molecule has 0 spiro atoms. The molecule has 0 radical (unpaired) electrons. The highest BCUT2D eigenvalue weighted by Gasteiger charge is 2.01. The van der Waals surface area contributed by atoms with E-state index in [9.17, 15) is 0 Å². The van der Waals surface area contributed by atoms with Gasteiger partial charge in [-0.1, -0.05) is 22.0 Å². The Morgan fingerprint density at radius 1 is 1.35 bits per heavy atom. The summed E-state index contributed by atoms with van der Waals surface area (Å²) in [5, 5.41) is 14.1. The number of methoxy groups -OCH3 is 1. The lowest BCUT2D eigenvalue weighted by atomic mass is 10.3. The Labute approximate surface area is 126 Å². The van der Waals surface area contributed by atoms with Gasteiger partial charge in [0.05, 0.1) is 6.20 Å². The molecule has 0 atom stereocenters. The Kier molecular flexibility index (Phi) is 5.69. The predicted molar refractivity (Wildman–Crippen MR) is 82.2 cm³/mol. The van der Waals surface area contributed by atoms with Crippen LogP contribution in [0.3, 0.4) is 0 Å². The topological polar surface area (TPSA) is 72.0 Å². The summed E-state index contributed by atoms with van der Waals surface area (Å²) in [5.41, 5.74) is 0.935. The summed E-state index contributed by atoms with van der Waals surface area (Å²) < 4.78 is 5.98. The minimum absolute atomic E-state index is 0.501. The zero-order valence-electron chi connectivity index (χ0n) is 11.1. The number of anilines is 3. The summed E-state index contributed by atoms with van der Waals surface area (Å²) in [6.07, 6.45) is 2.48. The molecule has 2 N–H and O–H groups in total. The molecule has 2 aromatic rings. The number of hydrogen-bond acceptors (Lipinski definition) is 6. The van der Waals surface area contributed by atoms with E-state index in [1.165, 1.54) is 0 Å². The van der Waals surface area contributed by atoms with Crippen LogP contribution in [0.1, 0.15) is 6.42 Å². The maximum atomic E-state index is 4.98. The van der Waals surface area contributed by atoms with Gasteiger partial charge in [-0.2, -0.15) is 10.1 Å². The Morgan fingerprint density at radius 2 is 2.25 bits per heavy atom. The third-order valence-corrected chi connectivity index (χ3v) is 2.96. The van der Waals surface area contributed by atoms with Crippen LogP contribution in [0.4, 0.5) is 17.5 Å². The second kappa shape index (κ2) is 7.76. The van der Waals surface area contributed by atoms with Gasteiger partial charge in [-0.15, -0.1) is 5.10 Å². The maximum Gasteiger partial charge on any atom is 0.244 e. The number of halogens is 1. The standard InChI is InChI=1S/C13H16BrN5O/c1-20-7-3-6-15-13-18-12(9-16-19-13)17-11-5-2-4-10(14)8-11/h2,4-5,8-9H,3,6-7H2,1H3,(H2,15,17,18,19). The fourth-order valence-corrected chi connectivity index (χ4v) is 1.97. The first-order valence-electron chi connectivity index (χ1n) is 6.23. The monoisotopic (exact) mass is 337 g/mol. The van der Waals surface area contributed by atoms with E-state index in [-0.39, 0.29) is 0 Å². The summed E-state index contributed by atoms with van der Waals surface area (Å²) in [6, 6.07) is 7.84. The first-order valence-corrected chi connectivity index (χ1v) is 7.02. The molecule has 1 aromatic carbocycles. The molecule has 1 heterocycles. The van der Waals surface area contributed by atoms with Crippen molar-refractivity contribution < 1.29 is 4.74 Å². The van der Waals surface area contributed by atoms with E-state index in [1.807, 2.05) is 24.3 Å². The minimum atomic E-state index is 0.501. The number of benzene rings is 1. The van der Waals surface area contributed by atoms with E-state index in [1.54, 1.807) is 13.3 Å². The smallest absolute Gasteiger partial charge is 0.244 e. The third-order valence-electron chi connectivity index (χ3n) is 2.46. The summed E-state index contributed by atoms with van der Waals surface area (Å²) in [5.74, 6) is 1.15. The summed E-state index contributed by atoms with van der Waals surface area (Å²) >= 11 is 3.43. The van der Waals surface area contributed by atoms with E-state index in [0.29, 0.717) is 18.4 Å². The first kappa shape index (κ1) is 14.7. The van der Waals surface area contributed by atoms with E-state index in [0.717, 1.165) is 23.1 Å². The van der Waals surface area contributed by atoms with Crippen LogP contribution in [0.15, 0.2) is 34.9 Å². The molecule has 106 valence electrons. The van der Waals surface area contributed by atoms with Crippen LogP contribution >= 0.6 is 15.9 Å². The van der Waals surface area contributed by atoms with Crippen molar-refractivity contribution in [1.82, 2.24) is 15.2 Å². The van der Waals surface area contributed by atoms with Crippen LogP contribution in [-0.2, 0) is 4.74 Å². The van der Waals surface area contributed by atoms with Gasteiger partial charge in [0.25, 0.3) is 0 Å². The van der Waals surface area contributed by atoms with E-state index < -0.39 is 0 Å². The molecule has 0 aliphatic heterocycles. The molecule has 0 aliphatic carbocycles. The highest BCUT2D eigenvalue weighted by molar-refractivity contribution is 9.10. The van der Waals surface area contributed by atoms with Gasteiger partial charge in [0.1, 0.15) is 0 Å². The lowest BCUT2D eigenvalue weighted by Gasteiger charge is -2.07. The average Bonchev–Trinajstić information content (AvgIpc) is 2.44. The number of ether oxygens (including phenoxy) is 1. The molecular weight excluding hydrogens is 322 g/mol. The number of nitrogens with zero attached hydrogens (tertiary/aromatic N) is 3. The zero-order valence-corrected chi connectivity index (χ0v) is 12.7. The molecule has 2 rings (SSSR count). The molecule has 0 fully saturated rings. The molecule has 0 bridgehead atoms. The Hall–Kier alpha value is -1.73. The van der Waals surface area contributed by atoms with Gasteiger partial charge in [-0.05, 0) is 24.6 Å². The van der Waals surface area contributed by atoms with Gasteiger partial charge in [0.15, 0.2) is 5.82 Å². The van der Waals surface area contributed by atoms with Crippen molar-refractivity contribution >= 4 is 33.4 Å². The number of aromatic nitrogens is 3. The minimum Gasteiger partial charge on any atom is -0.385 e. The summed E-state index contributed by atoms with van der Waals surface area (Å²) in [6.45, 7) is 1.45. The summed E-state index contributed by atoms with van der Waals surface area (Å²) in [7, 11) is 1.68. The number of nitrogens with one attached hydrogen (secondary N) is 2. The Balaban J connectivity index is 1.95. The fraction of sp³-hybridized carbons (Fsp3) is 0.308. The SMILES string of the molecule is COCCCNc1nncc(Nc2cccc(Br)c2)n1. The molecular formula is C13H16BrN5O. The second-order valence-corrected chi connectivity index (χ2v) is 4.99. The molecule has 0 saturated heterocycles. The van der Waals surface area contributed by atoms with Crippen LogP contribution in [0, 0.1) is 0 Å². The molecule has 6 nitrogen and oxygen atoms in total. The van der Waals surface area contributed by atoms with Crippen molar-refractivity contribution in [1.29, 1.82) is 0 Å². The maximum absolute atomic E-state index is 4.98. The highest BCUT2D eigenvalue weighted by atomic mass is 79.9. The molecule has 0 unspecified atom stereocenters. The largest absolute Gasteiger partial charge is 0.385 e. The zero-order chi connectivity index (χ0) is 14.2.